The van der Waals surface area contributed by atoms with E-state index >= 15 is 0 Å². The van der Waals surface area contributed by atoms with Gasteiger partial charge in [-0.3, -0.25) is 5.10 Å². The van der Waals surface area contributed by atoms with Gasteiger partial charge in [0.15, 0.2) is 5.16 Å². The van der Waals surface area contributed by atoms with E-state index in [1.54, 1.807) is 0 Å². The molecule has 0 radical (unpaired) electrons. The lowest BCUT2D eigenvalue weighted by Gasteiger charge is -2.04. The Morgan fingerprint density at radius 1 is 1.53 bits per heavy atom. The minimum absolute atomic E-state index is 0.652. The predicted octanol–water partition coefficient (Wildman–Crippen LogP) is 1.55. The molecule has 0 unspecified atom stereocenters. The van der Waals surface area contributed by atoms with Crippen molar-refractivity contribution < 1.29 is 0 Å². The van der Waals surface area contributed by atoms with E-state index in [9.17, 15) is 0 Å². The molecule has 1 aromatic carbocycles. The van der Waals surface area contributed by atoms with Crippen molar-refractivity contribution in [1.29, 1.82) is 5.26 Å². The van der Waals surface area contributed by atoms with Gasteiger partial charge in [0.2, 0.25) is 0 Å². The Hall–Kier alpha value is -1.84. The third kappa shape index (κ3) is 2.84. The van der Waals surface area contributed by atoms with E-state index in [0.29, 0.717) is 10.7 Å². The van der Waals surface area contributed by atoms with Crippen LogP contribution >= 0.6 is 11.8 Å². The van der Waals surface area contributed by atoms with Gasteiger partial charge in [-0.2, -0.15) is 10.4 Å². The number of hydrogen-bond acceptors (Lipinski definition) is 5. The van der Waals surface area contributed by atoms with Crippen LogP contribution in [-0.2, 0) is 6.54 Å². The van der Waals surface area contributed by atoms with E-state index in [-0.39, 0.29) is 0 Å². The third-order valence-electron chi connectivity index (χ3n) is 2.14. The smallest absolute Gasteiger partial charge is 0.188 e. The first-order valence-corrected chi connectivity index (χ1v) is 5.86. The molecule has 2 N–H and O–H groups in total. The zero-order chi connectivity index (χ0) is 12.1. The lowest BCUT2D eigenvalue weighted by Crippen LogP contribution is -2.05. The molecule has 0 bridgehead atoms. The quantitative estimate of drug-likeness (QED) is 0.854. The van der Waals surface area contributed by atoms with E-state index in [1.807, 2.05) is 25.2 Å². The molecule has 17 heavy (non-hydrogen) atoms. The number of nitriles is 1. The summed E-state index contributed by atoms with van der Waals surface area (Å²) < 4.78 is 0. The van der Waals surface area contributed by atoms with Crippen molar-refractivity contribution in [1.82, 2.24) is 20.5 Å². The van der Waals surface area contributed by atoms with Crippen LogP contribution in [0.3, 0.4) is 0 Å². The van der Waals surface area contributed by atoms with Crippen LogP contribution in [-0.4, -0.2) is 22.2 Å². The summed E-state index contributed by atoms with van der Waals surface area (Å²) in [4.78, 5) is 4.90. The Labute approximate surface area is 103 Å². The summed E-state index contributed by atoms with van der Waals surface area (Å²) in [6.07, 6.45) is 1.45. The van der Waals surface area contributed by atoms with E-state index in [4.69, 9.17) is 5.26 Å². The summed E-state index contributed by atoms with van der Waals surface area (Å²) in [5, 5.41) is 19.4. The second kappa shape index (κ2) is 5.48. The van der Waals surface area contributed by atoms with Crippen LogP contribution in [0.1, 0.15) is 11.1 Å². The van der Waals surface area contributed by atoms with Crippen molar-refractivity contribution in [2.75, 3.05) is 7.05 Å². The number of aromatic amines is 1. The van der Waals surface area contributed by atoms with Gasteiger partial charge in [-0.25, -0.2) is 4.98 Å². The summed E-state index contributed by atoms with van der Waals surface area (Å²) in [6.45, 7) is 0.752. The van der Waals surface area contributed by atoms with Crippen molar-refractivity contribution >= 4 is 11.8 Å². The zero-order valence-electron chi connectivity index (χ0n) is 9.27. The van der Waals surface area contributed by atoms with Gasteiger partial charge in [0, 0.05) is 11.4 Å². The van der Waals surface area contributed by atoms with Crippen LogP contribution in [0.4, 0.5) is 0 Å². The lowest BCUT2D eigenvalue weighted by molar-refractivity contribution is 0.816. The molecule has 5 nitrogen and oxygen atoms in total. The molecule has 0 saturated heterocycles. The van der Waals surface area contributed by atoms with Crippen molar-refractivity contribution in [3.63, 3.8) is 0 Å². The molecule has 0 fully saturated rings. The summed E-state index contributed by atoms with van der Waals surface area (Å²) in [6, 6.07) is 8.01. The molecule has 0 spiro atoms. The van der Waals surface area contributed by atoms with Gasteiger partial charge in [0.1, 0.15) is 12.4 Å². The average molecular weight is 245 g/mol. The van der Waals surface area contributed by atoms with Gasteiger partial charge >= 0.3 is 0 Å². The summed E-state index contributed by atoms with van der Waals surface area (Å²) in [5.74, 6) is 0. The van der Waals surface area contributed by atoms with Crippen LogP contribution in [0.25, 0.3) is 0 Å². The molecule has 1 aromatic heterocycles. The van der Waals surface area contributed by atoms with Crippen LogP contribution in [0.15, 0.2) is 34.6 Å². The molecular formula is C11H11N5S. The summed E-state index contributed by atoms with van der Waals surface area (Å²) >= 11 is 1.40. The zero-order valence-corrected chi connectivity index (χ0v) is 10.1. The highest BCUT2D eigenvalue weighted by Gasteiger charge is 2.07. The monoisotopic (exact) mass is 245 g/mol. The molecule has 0 atom stereocenters. The first kappa shape index (κ1) is 11.6. The Morgan fingerprint density at radius 3 is 3.06 bits per heavy atom. The second-order valence-electron chi connectivity index (χ2n) is 3.37. The fraction of sp³-hybridized carbons (Fsp3) is 0.182. The van der Waals surface area contributed by atoms with Crippen molar-refractivity contribution in [3.8, 4) is 6.07 Å². The Bertz CT molecular complexity index is 529. The maximum absolute atomic E-state index is 9.11. The van der Waals surface area contributed by atoms with Crippen molar-refractivity contribution in [2.45, 2.75) is 16.6 Å². The minimum Gasteiger partial charge on any atom is -0.316 e. The number of rotatable bonds is 4. The molecule has 1 heterocycles. The molecule has 2 rings (SSSR count). The van der Waals surface area contributed by atoms with Crippen LogP contribution in [0.5, 0.6) is 0 Å². The third-order valence-corrected chi connectivity index (χ3v) is 3.11. The molecule has 0 aliphatic rings. The van der Waals surface area contributed by atoms with Gasteiger partial charge in [-0.15, -0.1) is 0 Å². The maximum Gasteiger partial charge on any atom is 0.188 e. The van der Waals surface area contributed by atoms with E-state index < -0.39 is 0 Å². The highest BCUT2D eigenvalue weighted by molar-refractivity contribution is 7.99. The normalized spacial score (nSPS) is 10.1. The maximum atomic E-state index is 9.11. The number of benzene rings is 1. The van der Waals surface area contributed by atoms with Gasteiger partial charge in [-0.05, 0) is 36.5 Å². The first-order valence-electron chi connectivity index (χ1n) is 5.04. The van der Waals surface area contributed by atoms with Crippen LogP contribution in [0, 0.1) is 11.3 Å². The fourth-order valence-corrected chi connectivity index (χ4v) is 2.17. The summed E-state index contributed by atoms with van der Waals surface area (Å²) in [5.41, 5.74) is 1.74. The molecular weight excluding hydrogens is 234 g/mol. The van der Waals surface area contributed by atoms with Gasteiger partial charge in [-0.1, -0.05) is 6.07 Å². The fourth-order valence-electron chi connectivity index (χ4n) is 1.42. The molecule has 0 saturated carbocycles. The number of nitrogens with zero attached hydrogens (tertiary/aromatic N) is 3. The van der Waals surface area contributed by atoms with Gasteiger partial charge in [0.25, 0.3) is 0 Å². The largest absolute Gasteiger partial charge is 0.316 e. The Balaban J connectivity index is 2.25. The van der Waals surface area contributed by atoms with Gasteiger partial charge < -0.3 is 5.32 Å². The second-order valence-corrected chi connectivity index (χ2v) is 4.40. The lowest BCUT2D eigenvalue weighted by atomic mass is 10.1. The minimum atomic E-state index is 0.652. The number of aromatic nitrogens is 3. The van der Waals surface area contributed by atoms with Crippen LogP contribution in [0.2, 0.25) is 0 Å². The average Bonchev–Trinajstić information content (AvgIpc) is 2.84. The van der Waals surface area contributed by atoms with Crippen LogP contribution < -0.4 is 5.32 Å². The Morgan fingerprint density at radius 2 is 2.41 bits per heavy atom. The standard InChI is InChI=1S/C11H11N5S/c1-13-6-8-2-3-10(9(4-8)5-12)17-11-14-7-15-16-11/h2-4,7,13H,6H2,1H3,(H,14,15,16). The van der Waals surface area contributed by atoms with Crippen molar-refractivity contribution in [2.24, 2.45) is 0 Å². The van der Waals surface area contributed by atoms with Gasteiger partial charge in [0.05, 0.1) is 5.56 Å². The molecule has 2 aromatic rings. The SMILES string of the molecule is CNCc1ccc(Sc2ncn[nH]2)c(C#N)c1. The number of hydrogen-bond donors (Lipinski definition) is 2. The number of H-pyrrole nitrogens is 1. The van der Waals surface area contributed by atoms with Crippen molar-refractivity contribution in [3.05, 3.63) is 35.7 Å². The first-order chi connectivity index (χ1) is 8.33. The van der Waals surface area contributed by atoms with E-state index in [0.717, 1.165) is 17.0 Å². The molecule has 0 aliphatic carbocycles. The molecule has 6 heteroatoms. The van der Waals surface area contributed by atoms with E-state index in [2.05, 4.69) is 26.6 Å². The molecule has 0 amide bonds. The number of nitrogens with one attached hydrogen (secondary N) is 2. The highest BCUT2D eigenvalue weighted by Crippen LogP contribution is 2.27. The van der Waals surface area contributed by atoms with E-state index in [1.165, 1.54) is 18.1 Å². The molecule has 86 valence electrons. The predicted molar refractivity (Wildman–Crippen MR) is 64.4 cm³/mol. The highest BCUT2D eigenvalue weighted by atomic mass is 32.2. The molecule has 0 aliphatic heterocycles. The topological polar surface area (TPSA) is 77.4 Å². The summed E-state index contributed by atoms with van der Waals surface area (Å²) in [7, 11) is 1.88. The Kier molecular flexibility index (Phi) is 3.75.